The van der Waals surface area contributed by atoms with E-state index in [4.69, 9.17) is 11.6 Å². The molecule has 0 spiro atoms. The van der Waals surface area contributed by atoms with E-state index in [-0.39, 0.29) is 11.9 Å². The molecular weight excluding hydrogens is 344 g/mol. The Morgan fingerprint density at radius 1 is 1.17 bits per heavy atom. The lowest BCUT2D eigenvalue weighted by Gasteiger charge is -2.34. The highest BCUT2D eigenvalue weighted by atomic mass is 35.5. The summed E-state index contributed by atoms with van der Waals surface area (Å²) in [6, 6.07) is 7.92. The van der Waals surface area contributed by atoms with Gasteiger partial charge >= 0.3 is 0 Å². The smallest absolute Gasteiger partial charge is 0.230 e. The lowest BCUT2D eigenvalue weighted by Crippen LogP contribution is -2.34. The Bertz CT molecular complexity index is 851. The van der Waals surface area contributed by atoms with Crippen molar-refractivity contribution >= 4 is 27.9 Å². The molecule has 1 aliphatic rings. The fraction of sp³-hybridized carbons (Fsp3) is 0.412. The lowest BCUT2D eigenvalue weighted by atomic mass is 10.0. The average molecular weight is 363 g/mol. The van der Waals surface area contributed by atoms with Crippen LogP contribution in [0.3, 0.4) is 0 Å². The van der Waals surface area contributed by atoms with Gasteiger partial charge in [0.25, 0.3) is 0 Å². The number of halogens is 1. The predicted octanol–water partition coefficient (Wildman–Crippen LogP) is 4.03. The van der Waals surface area contributed by atoms with E-state index in [1.807, 2.05) is 31.2 Å². The normalized spacial score (nSPS) is 17.4. The number of hydrogen-bond donors (Lipinski definition) is 1. The minimum Gasteiger partial charge on any atom is -0.492 e. The van der Waals surface area contributed by atoms with Gasteiger partial charge in [-0.1, -0.05) is 41.5 Å². The minimum absolute atomic E-state index is 0.0105. The van der Waals surface area contributed by atoms with Gasteiger partial charge in [-0.2, -0.15) is 4.52 Å². The summed E-state index contributed by atoms with van der Waals surface area (Å²) < 4.78 is 1.54. The van der Waals surface area contributed by atoms with E-state index in [1.165, 1.54) is 30.6 Å². The molecule has 0 bridgehead atoms. The van der Waals surface area contributed by atoms with Crippen molar-refractivity contribution in [3.63, 3.8) is 0 Å². The zero-order valence-electron chi connectivity index (χ0n) is 13.4. The van der Waals surface area contributed by atoms with Crippen molar-refractivity contribution in [2.24, 2.45) is 0 Å². The predicted molar refractivity (Wildman–Crippen MR) is 96.0 cm³/mol. The Labute approximate surface area is 149 Å². The van der Waals surface area contributed by atoms with Gasteiger partial charge in [0, 0.05) is 5.02 Å². The zero-order valence-corrected chi connectivity index (χ0v) is 15.0. The van der Waals surface area contributed by atoms with E-state index in [1.54, 1.807) is 4.52 Å². The van der Waals surface area contributed by atoms with Gasteiger partial charge in [0.15, 0.2) is 0 Å². The number of piperidine rings is 1. The molecule has 0 amide bonds. The number of aromatic hydroxyl groups is 1. The summed E-state index contributed by atoms with van der Waals surface area (Å²) in [6.45, 7) is 3.89. The van der Waals surface area contributed by atoms with E-state index in [9.17, 15) is 5.11 Å². The molecule has 126 valence electrons. The maximum absolute atomic E-state index is 10.7. The van der Waals surface area contributed by atoms with Gasteiger partial charge in [0.1, 0.15) is 5.82 Å². The SMILES string of the molecule is Cc1nc2sc([C@@H](c3ccc(Cl)cc3)N3CCCCC3)c(O)n2n1. The third kappa shape index (κ3) is 2.79. The van der Waals surface area contributed by atoms with Crippen molar-refractivity contribution in [1.82, 2.24) is 19.5 Å². The number of aryl methyl sites for hydroxylation is 1. The first kappa shape index (κ1) is 15.9. The van der Waals surface area contributed by atoms with E-state index >= 15 is 0 Å². The molecule has 3 aromatic rings. The third-order valence-electron chi connectivity index (χ3n) is 4.50. The number of hydrogen-bond acceptors (Lipinski definition) is 5. The Kier molecular flexibility index (Phi) is 4.20. The van der Waals surface area contributed by atoms with Crippen LogP contribution in [0.2, 0.25) is 5.02 Å². The number of thiazole rings is 1. The summed E-state index contributed by atoms with van der Waals surface area (Å²) in [5.74, 6) is 0.866. The summed E-state index contributed by atoms with van der Waals surface area (Å²) >= 11 is 7.57. The van der Waals surface area contributed by atoms with Crippen molar-refractivity contribution in [2.45, 2.75) is 32.2 Å². The highest BCUT2D eigenvalue weighted by Crippen LogP contribution is 2.40. The molecule has 3 heterocycles. The van der Waals surface area contributed by atoms with Gasteiger partial charge in [0.2, 0.25) is 10.8 Å². The molecule has 24 heavy (non-hydrogen) atoms. The van der Waals surface area contributed by atoms with Crippen LogP contribution in [-0.4, -0.2) is 37.7 Å². The molecule has 7 heteroatoms. The van der Waals surface area contributed by atoms with Crippen LogP contribution in [0.4, 0.5) is 0 Å². The largest absolute Gasteiger partial charge is 0.492 e. The summed E-state index contributed by atoms with van der Waals surface area (Å²) in [5.41, 5.74) is 1.14. The maximum Gasteiger partial charge on any atom is 0.230 e. The van der Waals surface area contributed by atoms with E-state index < -0.39 is 0 Å². The lowest BCUT2D eigenvalue weighted by molar-refractivity contribution is 0.186. The van der Waals surface area contributed by atoms with E-state index in [2.05, 4.69) is 15.0 Å². The maximum atomic E-state index is 10.7. The Hall–Kier alpha value is -1.63. The van der Waals surface area contributed by atoms with Crippen LogP contribution in [0, 0.1) is 6.92 Å². The molecule has 1 aliphatic heterocycles. The van der Waals surface area contributed by atoms with Crippen LogP contribution in [0.25, 0.3) is 4.96 Å². The molecule has 1 aromatic carbocycles. The number of likely N-dealkylation sites (tertiary alicyclic amines) is 1. The molecule has 4 rings (SSSR count). The Balaban J connectivity index is 1.82. The highest BCUT2D eigenvalue weighted by molar-refractivity contribution is 7.17. The minimum atomic E-state index is 0.0105. The number of fused-ring (bicyclic) bond motifs is 1. The Morgan fingerprint density at radius 3 is 2.54 bits per heavy atom. The van der Waals surface area contributed by atoms with Crippen molar-refractivity contribution in [3.05, 3.63) is 45.6 Å². The van der Waals surface area contributed by atoms with Crippen LogP contribution in [-0.2, 0) is 0 Å². The van der Waals surface area contributed by atoms with Crippen LogP contribution in [0.5, 0.6) is 5.88 Å². The van der Waals surface area contributed by atoms with E-state index in [0.29, 0.717) is 5.82 Å². The topological polar surface area (TPSA) is 53.7 Å². The van der Waals surface area contributed by atoms with Crippen molar-refractivity contribution < 1.29 is 5.11 Å². The first-order valence-electron chi connectivity index (χ1n) is 8.18. The van der Waals surface area contributed by atoms with Gasteiger partial charge in [0.05, 0.1) is 10.9 Å². The monoisotopic (exact) mass is 362 g/mol. The molecule has 0 unspecified atom stereocenters. The molecular formula is C17H19ClN4OS. The molecule has 1 saturated heterocycles. The molecule has 1 N–H and O–H groups in total. The number of benzene rings is 1. The third-order valence-corrected chi connectivity index (χ3v) is 5.82. The van der Waals surface area contributed by atoms with Crippen LogP contribution in [0.15, 0.2) is 24.3 Å². The van der Waals surface area contributed by atoms with Crippen LogP contribution >= 0.6 is 22.9 Å². The van der Waals surface area contributed by atoms with Crippen molar-refractivity contribution in [3.8, 4) is 5.88 Å². The number of nitrogens with zero attached hydrogens (tertiary/aromatic N) is 4. The average Bonchev–Trinajstić information content (AvgIpc) is 3.09. The highest BCUT2D eigenvalue weighted by Gasteiger charge is 2.30. The second kappa shape index (κ2) is 6.35. The van der Waals surface area contributed by atoms with Gasteiger partial charge in [-0.3, -0.25) is 4.90 Å². The van der Waals surface area contributed by atoms with Gasteiger partial charge < -0.3 is 5.11 Å². The number of rotatable bonds is 3. The summed E-state index contributed by atoms with van der Waals surface area (Å²) in [4.78, 5) is 8.47. The fourth-order valence-corrected chi connectivity index (χ4v) is 4.66. The molecule has 1 fully saturated rings. The van der Waals surface area contributed by atoms with Gasteiger partial charge in [-0.15, -0.1) is 5.10 Å². The molecule has 1 atom stereocenters. The number of aromatic nitrogens is 3. The summed E-state index contributed by atoms with van der Waals surface area (Å²) in [7, 11) is 0. The standard InChI is InChI=1S/C17H19ClN4OS/c1-11-19-17-22(20-11)16(23)15(24-17)14(21-9-3-2-4-10-21)12-5-7-13(18)8-6-12/h5-8,14,23H,2-4,9-10H2,1H3/t14-/m1/s1. The first-order valence-corrected chi connectivity index (χ1v) is 9.37. The molecule has 0 aliphatic carbocycles. The van der Waals surface area contributed by atoms with E-state index in [0.717, 1.165) is 33.5 Å². The molecule has 2 aromatic heterocycles. The molecule has 0 radical (unpaired) electrons. The Morgan fingerprint density at radius 2 is 1.88 bits per heavy atom. The quantitative estimate of drug-likeness (QED) is 0.764. The summed E-state index contributed by atoms with van der Waals surface area (Å²) in [5, 5.41) is 15.8. The second-order valence-corrected chi connectivity index (χ2v) is 7.64. The van der Waals surface area contributed by atoms with Crippen molar-refractivity contribution in [1.29, 1.82) is 0 Å². The fourth-order valence-electron chi connectivity index (χ4n) is 3.38. The summed E-state index contributed by atoms with van der Waals surface area (Å²) in [6.07, 6.45) is 3.64. The van der Waals surface area contributed by atoms with Gasteiger partial charge in [-0.05, 0) is 50.6 Å². The zero-order chi connectivity index (χ0) is 16.7. The van der Waals surface area contributed by atoms with Gasteiger partial charge in [-0.25, -0.2) is 4.98 Å². The first-order chi connectivity index (χ1) is 11.6. The second-order valence-electron chi connectivity index (χ2n) is 6.19. The van der Waals surface area contributed by atoms with Crippen LogP contribution < -0.4 is 0 Å². The molecule has 0 saturated carbocycles. The van der Waals surface area contributed by atoms with Crippen LogP contribution in [0.1, 0.15) is 41.6 Å². The molecule has 5 nitrogen and oxygen atoms in total. The van der Waals surface area contributed by atoms with Crippen molar-refractivity contribution in [2.75, 3.05) is 13.1 Å².